The number of aliphatic hydroxyl groups excluding tert-OH is 1. The van der Waals surface area contributed by atoms with E-state index in [1.165, 1.54) is 6.07 Å². The summed E-state index contributed by atoms with van der Waals surface area (Å²) in [6, 6.07) is 10.7. The van der Waals surface area contributed by atoms with Crippen LogP contribution in [0, 0.1) is 0 Å². The topological polar surface area (TPSA) is 78.0 Å². The number of alkyl halides is 2. The lowest BCUT2D eigenvalue weighted by Gasteiger charge is -2.09. The molecule has 0 radical (unpaired) electrons. The largest absolute Gasteiger partial charge is 0.385 e. The van der Waals surface area contributed by atoms with E-state index >= 15 is 0 Å². The maximum absolute atomic E-state index is 12.1. The molecule has 1 aromatic heterocycles. The van der Waals surface area contributed by atoms with Crippen molar-refractivity contribution in [3.05, 3.63) is 42.1 Å². The highest BCUT2D eigenvalue weighted by Gasteiger charge is 2.18. The Kier molecular flexibility index (Phi) is 4.41. The molecular formula is C13H13F2N3O2. The third-order valence-corrected chi connectivity index (χ3v) is 2.65. The van der Waals surface area contributed by atoms with Crippen molar-refractivity contribution in [3.8, 4) is 11.3 Å². The van der Waals surface area contributed by atoms with Gasteiger partial charge in [0, 0.05) is 12.1 Å². The first-order chi connectivity index (χ1) is 9.58. The van der Waals surface area contributed by atoms with Gasteiger partial charge in [-0.15, -0.1) is 0 Å². The van der Waals surface area contributed by atoms with Crippen LogP contribution in [0.25, 0.3) is 11.3 Å². The number of aromatic amines is 1. The number of carbonyl (C=O) groups is 1. The van der Waals surface area contributed by atoms with E-state index in [9.17, 15) is 13.6 Å². The second-order valence-electron chi connectivity index (χ2n) is 4.14. The molecule has 0 bridgehead atoms. The van der Waals surface area contributed by atoms with Crippen LogP contribution in [0.4, 0.5) is 8.78 Å². The molecule has 0 saturated carbocycles. The quantitative estimate of drug-likeness (QED) is 0.776. The van der Waals surface area contributed by atoms with Crippen LogP contribution in [-0.4, -0.2) is 40.3 Å². The fourth-order valence-electron chi connectivity index (χ4n) is 1.58. The summed E-state index contributed by atoms with van der Waals surface area (Å²) in [7, 11) is 0. The summed E-state index contributed by atoms with van der Waals surface area (Å²) in [5.74, 6) is -0.598. The number of hydrogen-bond donors (Lipinski definition) is 3. The number of hydrogen-bond acceptors (Lipinski definition) is 3. The maximum atomic E-state index is 12.1. The summed E-state index contributed by atoms with van der Waals surface area (Å²) in [4.78, 5) is 11.7. The van der Waals surface area contributed by atoms with Gasteiger partial charge in [0.05, 0.1) is 5.69 Å². The van der Waals surface area contributed by atoms with Gasteiger partial charge in [-0.05, 0) is 6.07 Å². The predicted octanol–water partition coefficient (Wildman–Crippen LogP) is 1.43. The van der Waals surface area contributed by atoms with Gasteiger partial charge in [0.2, 0.25) is 0 Å². The second-order valence-corrected chi connectivity index (χ2v) is 4.14. The Balaban J connectivity index is 2.00. The third kappa shape index (κ3) is 3.39. The van der Waals surface area contributed by atoms with Gasteiger partial charge in [-0.1, -0.05) is 30.3 Å². The van der Waals surface area contributed by atoms with Crippen molar-refractivity contribution >= 4 is 5.91 Å². The van der Waals surface area contributed by atoms with Gasteiger partial charge in [0.15, 0.2) is 0 Å². The number of benzene rings is 1. The minimum Gasteiger partial charge on any atom is -0.385 e. The average molecular weight is 281 g/mol. The number of amides is 1. The molecule has 1 amide bonds. The van der Waals surface area contributed by atoms with E-state index in [1.54, 1.807) is 0 Å². The molecule has 0 aliphatic rings. The molecule has 0 spiro atoms. The Bertz CT molecular complexity index is 572. The monoisotopic (exact) mass is 281 g/mol. The number of aliphatic hydroxyl groups is 1. The first kappa shape index (κ1) is 14.1. The SMILES string of the molecule is O=C(NCC(O)C(F)F)c1cc(-c2ccccc2)n[nH]1. The van der Waals surface area contributed by atoms with E-state index < -0.39 is 25.0 Å². The molecule has 0 saturated heterocycles. The number of halogens is 2. The molecule has 2 rings (SSSR count). The highest BCUT2D eigenvalue weighted by molar-refractivity contribution is 5.93. The summed E-state index contributed by atoms with van der Waals surface area (Å²) in [5.41, 5.74) is 1.55. The minimum atomic E-state index is -2.89. The van der Waals surface area contributed by atoms with Crippen LogP contribution in [0.5, 0.6) is 0 Å². The fraction of sp³-hybridized carbons (Fsp3) is 0.231. The van der Waals surface area contributed by atoms with Crippen LogP contribution in [-0.2, 0) is 0 Å². The summed E-state index contributed by atoms with van der Waals surface area (Å²) in [6.07, 6.45) is -4.77. The van der Waals surface area contributed by atoms with Crippen LogP contribution in [0.15, 0.2) is 36.4 Å². The fourth-order valence-corrected chi connectivity index (χ4v) is 1.58. The zero-order chi connectivity index (χ0) is 14.5. The lowest BCUT2D eigenvalue weighted by molar-refractivity contribution is -0.00272. The zero-order valence-electron chi connectivity index (χ0n) is 10.4. The molecule has 1 atom stereocenters. The summed E-state index contributed by atoms with van der Waals surface area (Å²) in [5, 5.41) is 17.6. The number of carbonyl (C=O) groups excluding carboxylic acids is 1. The average Bonchev–Trinajstić information content (AvgIpc) is 2.95. The molecule has 0 fully saturated rings. The second kappa shape index (κ2) is 6.25. The maximum Gasteiger partial charge on any atom is 0.269 e. The smallest absolute Gasteiger partial charge is 0.269 e. The standard InChI is InChI=1S/C13H13F2N3O2/c14-12(15)11(19)7-16-13(20)10-6-9(17-18-10)8-4-2-1-3-5-8/h1-6,11-12,19H,7H2,(H,16,20)(H,17,18). The number of nitrogens with one attached hydrogen (secondary N) is 2. The molecule has 5 nitrogen and oxygen atoms in total. The molecule has 20 heavy (non-hydrogen) atoms. The van der Waals surface area contributed by atoms with Gasteiger partial charge in [-0.2, -0.15) is 5.10 Å². The molecule has 3 N–H and O–H groups in total. The third-order valence-electron chi connectivity index (χ3n) is 2.65. The first-order valence-corrected chi connectivity index (χ1v) is 5.93. The van der Waals surface area contributed by atoms with Crippen LogP contribution < -0.4 is 5.32 Å². The highest BCUT2D eigenvalue weighted by Crippen LogP contribution is 2.16. The summed E-state index contributed by atoms with van der Waals surface area (Å²) >= 11 is 0. The van der Waals surface area contributed by atoms with E-state index in [2.05, 4.69) is 15.5 Å². The van der Waals surface area contributed by atoms with Crippen LogP contribution >= 0.6 is 0 Å². The van der Waals surface area contributed by atoms with E-state index in [1.807, 2.05) is 30.3 Å². The van der Waals surface area contributed by atoms with Gasteiger partial charge >= 0.3 is 0 Å². The van der Waals surface area contributed by atoms with Crippen LogP contribution in [0.1, 0.15) is 10.5 Å². The predicted molar refractivity (Wildman–Crippen MR) is 68.4 cm³/mol. The van der Waals surface area contributed by atoms with Gasteiger partial charge < -0.3 is 10.4 Å². The Labute approximate surface area is 113 Å². The van der Waals surface area contributed by atoms with Gasteiger partial charge in [0.1, 0.15) is 11.8 Å². The molecule has 0 aliphatic carbocycles. The van der Waals surface area contributed by atoms with E-state index in [0.717, 1.165) is 5.56 Å². The number of H-pyrrole nitrogens is 1. The first-order valence-electron chi connectivity index (χ1n) is 5.93. The highest BCUT2D eigenvalue weighted by atomic mass is 19.3. The normalized spacial score (nSPS) is 12.4. The molecule has 1 heterocycles. The van der Waals surface area contributed by atoms with Crippen molar-refractivity contribution in [3.63, 3.8) is 0 Å². The summed E-state index contributed by atoms with van der Waals surface area (Å²) < 4.78 is 24.2. The van der Waals surface area contributed by atoms with E-state index in [0.29, 0.717) is 5.69 Å². The Morgan fingerprint density at radius 2 is 2.05 bits per heavy atom. The molecular weight excluding hydrogens is 268 g/mol. The summed E-state index contributed by atoms with van der Waals surface area (Å²) in [6.45, 7) is -0.518. The van der Waals surface area contributed by atoms with Crippen molar-refractivity contribution in [2.24, 2.45) is 0 Å². The molecule has 106 valence electrons. The van der Waals surface area contributed by atoms with Crippen molar-refractivity contribution in [1.82, 2.24) is 15.5 Å². The Morgan fingerprint density at radius 3 is 2.70 bits per heavy atom. The lowest BCUT2D eigenvalue weighted by atomic mass is 10.1. The van der Waals surface area contributed by atoms with Gasteiger partial charge in [0.25, 0.3) is 12.3 Å². The Hall–Kier alpha value is -2.28. The minimum absolute atomic E-state index is 0.144. The Morgan fingerprint density at radius 1 is 1.35 bits per heavy atom. The van der Waals surface area contributed by atoms with Gasteiger partial charge in [-0.3, -0.25) is 9.89 Å². The number of nitrogens with zero attached hydrogens (tertiary/aromatic N) is 1. The van der Waals surface area contributed by atoms with Crippen molar-refractivity contribution in [2.75, 3.05) is 6.54 Å². The van der Waals surface area contributed by atoms with E-state index in [4.69, 9.17) is 5.11 Å². The molecule has 2 aromatic rings. The van der Waals surface area contributed by atoms with Crippen molar-refractivity contribution in [2.45, 2.75) is 12.5 Å². The molecule has 7 heteroatoms. The van der Waals surface area contributed by atoms with Crippen molar-refractivity contribution < 1.29 is 18.7 Å². The number of rotatable bonds is 5. The molecule has 0 aliphatic heterocycles. The van der Waals surface area contributed by atoms with Crippen LogP contribution in [0.3, 0.4) is 0 Å². The number of aromatic nitrogens is 2. The zero-order valence-corrected chi connectivity index (χ0v) is 10.4. The lowest BCUT2D eigenvalue weighted by Crippen LogP contribution is -2.35. The molecule has 1 unspecified atom stereocenters. The van der Waals surface area contributed by atoms with Crippen molar-refractivity contribution in [1.29, 1.82) is 0 Å². The van der Waals surface area contributed by atoms with Crippen LogP contribution in [0.2, 0.25) is 0 Å². The van der Waals surface area contributed by atoms with Gasteiger partial charge in [-0.25, -0.2) is 8.78 Å². The molecule has 1 aromatic carbocycles. The van der Waals surface area contributed by atoms with E-state index in [-0.39, 0.29) is 5.69 Å².